The molecule has 74 valence electrons. The minimum Gasteiger partial charge on any atom is -0.350 e. The number of nitrogens with one attached hydrogen (secondary N) is 1. The zero-order valence-corrected chi connectivity index (χ0v) is 7.75. The zero-order valence-electron chi connectivity index (χ0n) is 7.75. The summed E-state index contributed by atoms with van der Waals surface area (Å²) in [5.74, 6) is 0.00273. The van der Waals surface area contributed by atoms with Crippen molar-refractivity contribution in [3.05, 3.63) is 0 Å². The second kappa shape index (κ2) is 2.96. The average molecular weight is 183 g/mol. The minimum absolute atomic E-state index is 0.00273. The van der Waals surface area contributed by atoms with Crippen LogP contribution in [-0.4, -0.2) is 23.5 Å². The van der Waals surface area contributed by atoms with Crippen LogP contribution < -0.4 is 16.8 Å². The predicted octanol–water partition coefficient (Wildman–Crippen LogP) is -0.526. The fraction of sp³-hybridized carbons (Fsp3) is 0.889. The zero-order chi connectivity index (χ0) is 9.47. The van der Waals surface area contributed by atoms with Gasteiger partial charge in [-0.25, -0.2) is 0 Å². The van der Waals surface area contributed by atoms with Crippen LogP contribution in [0.2, 0.25) is 0 Å². The number of carbonyl (C=O) groups excluding carboxylic acids is 1. The molecular weight excluding hydrogens is 166 g/mol. The van der Waals surface area contributed by atoms with Gasteiger partial charge in [0, 0.05) is 12.1 Å². The molecule has 0 aromatic carbocycles. The number of amides is 1. The summed E-state index contributed by atoms with van der Waals surface area (Å²) in [4.78, 5) is 11.7. The summed E-state index contributed by atoms with van der Waals surface area (Å²) in [5.41, 5.74) is 11.0. The highest BCUT2D eigenvalue weighted by Gasteiger charge is 2.42. The Hall–Kier alpha value is -0.610. The van der Waals surface area contributed by atoms with Gasteiger partial charge in [-0.1, -0.05) is 12.8 Å². The van der Waals surface area contributed by atoms with Gasteiger partial charge in [-0.3, -0.25) is 4.79 Å². The molecule has 5 N–H and O–H groups in total. The van der Waals surface area contributed by atoms with Crippen LogP contribution in [0.4, 0.5) is 0 Å². The first-order valence-electron chi connectivity index (χ1n) is 4.97. The van der Waals surface area contributed by atoms with Crippen LogP contribution in [0.25, 0.3) is 0 Å². The smallest absolute Gasteiger partial charge is 0.240 e. The van der Waals surface area contributed by atoms with Crippen LogP contribution in [0.3, 0.4) is 0 Å². The molecule has 2 saturated carbocycles. The summed E-state index contributed by atoms with van der Waals surface area (Å²) in [6.07, 6.45) is 4.69. The molecule has 13 heavy (non-hydrogen) atoms. The van der Waals surface area contributed by atoms with Crippen molar-refractivity contribution < 1.29 is 4.79 Å². The quantitative estimate of drug-likeness (QED) is 0.538. The third kappa shape index (κ3) is 1.69. The van der Waals surface area contributed by atoms with E-state index in [1.807, 2.05) is 0 Å². The third-order valence-electron chi connectivity index (χ3n) is 3.10. The van der Waals surface area contributed by atoms with E-state index in [2.05, 4.69) is 5.32 Å². The summed E-state index contributed by atoms with van der Waals surface area (Å²) in [6, 6.07) is 0.350. The molecule has 2 aliphatic rings. The van der Waals surface area contributed by atoms with E-state index in [9.17, 15) is 4.79 Å². The molecular formula is C9H17N3O. The Bertz CT molecular complexity index is 223. The number of hydrogen-bond acceptors (Lipinski definition) is 3. The number of hydrogen-bond donors (Lipinski definition) is 3. The van der Waals surface area contributed by atoms with Crippen molar-refractivity contribution in [1.29, 1.82) is 0 Å². The van der Waals surface area contributed by atoms with Crippen molar-refractivity contribution in [2.24, 2.45) is 11.5 Å². The molecule has 0 aliphatic heterocycles. The molecule has 2 fully saturated rings. The fourth-order valence-electron chi connectivity index (χ4n) is 1.93. The molecule has 2 unspecified atom stereocenters. The highest BCUT2D eigenvalue weighted by atomic mass is 16.2. The van der Waals surface area contributed by atoms with Gasteiger partial charge in [-0.15, -0.1) is 0 Å². The highest BCUT2D eigenvalue weighted by molar-refractivity contribution is 5.87. The minimum atomic E-state index is -0.595. The van der Waals surface area contributed by atoms with E-state index >= 15 is 0 Å². The van der Waals surface area contributed by atoms with Gasteiger partial charge in [0.2, 0.25) is 5.91 Å². The van der Waals surface area contributed by atoms with Gasteiger partial charge in [-0.05, 0) is 19.3 Å². The lowest BCUT2D eigenvalue weighted by molar-refractivity contribution is -0.126. The summed E-state index contributed by atoms with van der Waals surface area (Å²) in [7, 11) is 0. The first-order valence-corrected chi connectivity index (χ1v) is 4.97. The van der Waals surface area contributed by atoms with E-state index in [0.717, 1.165) is 32.1 Å². The Balaban J connectivity index is 1.88. The lowest BCUT2D eigenvalue weighted by Gasteiger charge is -2.22. The molecule has 2 atom stereocenters. The third-order valence-corrected chi connectivity index (χ3v) is 3.10. The largest absolute Gasteiger partial charge is 0.350 e. The van der Waals surface area contributed by atoms with E-state index in [4.69, 9.17) is 11.5 Å². The molecule has 0 radical (unpaired) electrons. The fourth-order valence-corrected chi connectivity index (χ4v) is 1.93. The Labute approximate surface area is 78.0 Å². The van der Waals surface area contributed by atoms with Crippen molar-refractivity contribution in [3.8, 4) is 0 Å². The van der Waals surface area contributed by atoms with Crippen LogP contribution in [0, 0.1) is 0 Å². The molecule has 0 bridgehead atoms. The standard InChI is InChI=1S/C9H17N3O/c10-6-5-7(6)12-8(13)9(11)3-1-2-4-9/h6-7H,1-5,10-11H2,(H,12,13). The maximum Gasteiger partial charge on any atom is 0.240 e. The second-order valence-corrected chi connectivity index (χ2v) is 4.34. The molecule has 0 aromatic rings. The van der Waals surface area contributed by atoms with Crippen LogP contribution in [0.15, 0.2) is 0 Å². The summed E-state index contributed by atoms with van der Waals surface area (Å²) in [6.45, 7) is 0. The molecule has 0 saturated heterocycles. The van der Waals surface area contributed by atoms with Crippen LogP contribution in [0.5, 0.6) is 0 Å². The molecule has 0 heterocycles. The van der Waals surface area contributed by atoms with Gasteiger partial charge >= 0.3 is 0 Å². The first-order chi connectivity index (χ1) is 6.12. The maximum absolute atomic E-state index is 11.7. The normalized spacial score (nSPS) is 35.8. The van der Waals surface area contributed by atoms with E-state index in [1.165, 1.54) is 0 Å². The van der Waals surface area contributed by atoms with Gasteiger partial charge < -0.3 is 16.8 Å². The van der Waals surface area contributed by atoms with Crippen molar-refractivity contribution in [3.63, 3.8) is 0 Å². The lowest BCUT2D eigenvalue weighted by Crippen LogP contribution is -2.53. The van der Waals surface area contributed by atoms with Gasteiger partial charge in [-0.2, -0.15) is 0 Å². The van der Waals surface area contributed by atoms with Crippen molar-refractivity contribution in [2.45, 2.75) is 49.7 Å². The van der Waals surface area contributed by atoms with Gasteiger partial charge in [0.15, 0.2) is 0 Å². The van der Waals surface area contributed by atoms with Crippen LogP contribution in [0.1, 0.15) is 32.1 Å². The van der Waals surface area contributed by atoms with Gasteiger partial charge in [0.1, 0.15) is 0 Å². The topological polar surface area (TPSA) is 81.1 Å². The number of nitrogens with two attached hydrogens (primary N) is 2. The van der Waals surface area contributed by atoms with Gasteiger partial charge in [0.05, 0.1) is 5.54 Å². The summed E-state index contributed by atoms with van der Waals surface area (Å²) >= 11 is 0. The van der Waals surface area contributed by atoms with E-state index < -0.39 is 5.54 Å². The molecule has 4 heteroatoms. The Kier molecular flexibility index (Phi) is 2.04. The molecule has 2 rings (SSSR count). The Morgan fingerprint density at radius 1 is 1.38 bits per heavy atom. The van der Waals surface area contributed by atoms with Crippen molar-refractivity contribution in [1.82, 2.24) is 5.32 Å². The molecule has 0 spiro atoms. The maximum atomic E-state index is 11.7. The van der Waals surface area contributed by atoms with Crippen molar-refractivity contribution in [2.75, 3.05) is 0 Å². The molecule has 1 amide bonds. The van der Waals surface area contributed by atoms with Gasteiger partial charge in [0.25, 0.3) is 0 Å². The number of carbonyl (C=O) groups is 1. The average Bonchev–Trinajstić information content (AvgIpc) is 2.62. The van der Waals surface area contributed by atoms with E-state index in [0.29, 0.717) is 0 Å². The second-order valence-electron chi connectivity index (χ2n) is 4.34. The van der Waals surface area contributed by atoms with Crippen LogP contribution in [-0.2, 0) is 4.79 Å². The SMILES string of the molecule is NC1CC1NC(=O)C1(N)CCCC1. The first kappa shape index (κ1) is 8.97. The Morgan fingerprint density at radius 2 is 1.92 bits per heavy atom. The lowest BCUT2D eigenvalue weighted by atomic mass is 9.98. The molecule has 0 aromatic heterocycles. The number of rotatable bonds is 2. The van der Waals surface area contributed by atoms with Crippen LogP contribution >= 0.6 is 0 Å². The predicted molar refractivity (Wildman–Crippen MR) is 49.9 cm³/mol. The Morgan fingerprint density at radius 3 is 2.38 bits per heavy atom. The van der Waals surface area contributed by atoms with E-state index in [-0.39, 0.29) is 18.0 Å². The summed E-state index contributed by atoms with van der Waals surface area (Å²) < 4.78 is 0. The van der Waals surface area contributed by atoms with E-state index in [1.54, 1.807) is 0 Å². The molecule has 2 aliphatic carbocycles. The summed E-state index contributed by atoms with van der Waals surface area (Å²) in [5, 5.41) is 2.90. The monoisotopic (exact) mass is 183 g/mol. The molecule has 4 nitrogen and oxygen atoms in total. The highest BCUT2D eigenvalue weighted by Crippen LogP contribution is 2.28. The van der Waals surface area contributed by atoms with Crippen molar-refractivity contribution >= 4 is 5.91 Å².